The molecule has 0 bridgehead atoms. The standard InChI is InChI=1S/C26H30F4N2O5S/c1-38(2,3)25-19(27)12-16(13-20(25)28)31-26(36)24-18-8-7-17(37-14-21(29)30)11-15(18)9-10-32(24)22(33)5-4-6-23(34)35/h7-8,11-13,21,24H,4-6,9-10,14H2,1-3H3,(H,31,36)(H,34,35)/t24-/m1/s1. The summed E-state index contributed by atoms with van der Waals surface area (Å²) in [6.45, 7) is -0.718. The van der Waals surface area contributed by atoms with E-state index < -0.39 is 58.5 Å². The number of nitrogens with zero attached hydrogens (tertiary/aromatic N) is 1. The molecule has 1 aliphatic rings. The molecule has 0 aromatic heterocycles. The van der Waals surface area contributed by atoms with Crippen LogP contribution in [-0.2, 0) is 20.8 Å². The summed E-state index contributed by atoms with van der Waals surface area (Å²) in [6.07, 6.45) is 2.56. The number of amides is 2. The highest BCUT2D eigenvalue weighted by molar-refractivity contribution is 8.32. The summed E-state index contributed by atoms with van der Waals surface area (Å²) < 4.78 is 59.7. The molecule has 0 unspecified atom stereocenters. The van der Waals surface area contributed by atoms with E-state index in [0.29, 0.717) is 17.5 Å². The Labute approximate surface area is 219 Å². The second-order valence-corrected chi connectivity index (χ2v) is 13.7. The number of benzene rings is 2. The number of carboxylic acid groups (broad SMARTS) is 1. The third-order valence-corrected chi connectivity index (χ3v) is 7.56. The van der Waals surface area contributed by atoms with Gasteiger partial charge in [0.2, 0.25) is 5.91 Å². The molecule has 1 aliphatic heterocycles. The van der Waals surface area contributed by atoms with Crippen LogP contribution in [0.1, 0.15) is 36.4 Å². The van der Waals surface area contributed by atoms with Crippen molar-refractivity contribution in [3.8, 4) is 5.75 Å². The fourth-order valence-electron chi connectivity index (χ4n) is 4.37. The van der Waals surface area contributed by atoms with E-state index in [4.69, 9.17) is 9.84 Å². The number of fused-ring (bicyclic) bond motifs is 1. The van der Waals surface area contributed by atoms with Crippen molar-refractivity contribution in [3.05, 3.63) is 53.1 Å². The lowest BCUT2D eigenvalue weighted by Crippen LogP contribution is -2.45. The van der Waals surface area contributed by atoms with E-state index in [1.54, 1.807) is 18.8 Å². The van der Waals surface area contributed by atoms with Crippen molar-refractivity contribution in [1.82, 2.24) is 4.90 Å². The molecule has 1 atom stereocenters. The van der Waals surface area contributed by atoms with Crippen LogP contribution in [0.2, 0.25) is 0 Å². The average Bonchev–Trinajstić information content (AvgIpc) is 2.80. The molecule has 12 heteroatoms. The maximum Gasteiger partial charge on any atom is 0.303 e. The predicted molar refractivity (Wildman–Crippen MR) is 136 cm³/mol. The average molecular weight is 559 g/mol. The quantitative estimate of drug-likeness (QED) is 0.401. The lowest BCUT2D eigenvalue weighted by Gasteiger charge is -2.36. The Morgan fingerprint density at radius 1 is 1.11 bits per heavy atom. The van der Waals surface area contributed by atoms with E-state index in [0.717, 1.165) is 12.1 Å². The van der Waals surface area contributed by atoms with Crippen molar-refractivity contribution in [1.29, 1.82) is 0 Å². The minimum Gasteiger partial charge on any atom is -0.488 e. The van der Waals surface area contributed by atoms with Crippen LogP contribution in [0.5, 0.6) is 5.75 Å². The first-order chi connectivity index (χ1) is 17.8. The van der Waals surface area contributed by atoms with Gasteiger partial charge in [0.1, 0.15) is 30.0 Å². The van der Waals surface area contributed by atoms with Crippen LogP contribution >= 0.6 is 10.0 Å². The third kappa shape index (κ3) is 7.18. The molecule has 38 heavy (non-hydrogen) atoms. The van der Waals surface area contributed by atoms with E-state index in [1.165, 1.54) is 23.1 Å². The molecule has 2 aromatic carbocycles. The van der Waals surface area contributed by atoms with Gasteiger partial charge in [-0.25, -0.2) is 27.6 Å². The lowest BCUT2D eigenvalue weighted by atomic mass is 9.91. The zero-order chi connectivity index (χ0) is 28.2. The molecule has 0 fully saturated rings. The molecule has 2 aromatic rings. The molecule has 208 valence electrons. The monoisotopic (exact) mass is 558 g/mol. The first kappa shape index (κ1) is 29.3. The van der Waals surface area contributed by atoms with E-state index >= 15 is 0 Å². The summed E-state index contributed by atoms with van der Waals surface area (Å²) in [5.74, 6) is -3.66. The van der Waals surface area contributed by atoms with Crippen molar-refractivity contribution in [2.24, 2.45) is 0 Å². The summed E-state index contributed by atoms with van der Waals surface area (Å²) in [4.78, 5) is 38.6. The van der Waals surface area contributed by atoms with Crippen LogP contribution in [0.15, 0.2) is 35.2 Å². The molecule has 7 nitrogen and oxygen atoms in total. The van der Waals surface area contributed by atoms with Gasteiger partial charge in [0, 0.05) is 25.1 Å². The summed E-state index contributed by atoms with van der Waals surface area (Å²) in [5, 5.41) is 11.4. The molecule has 2 N–H and O–H groups in total. The largest absolute Gasteiger partial charge is 0.488 e. The van der Waals surface area contributed by atoms with E-state index in [2.05, 4.69) is 5.32 Å². The molecule has 1 heterocycles. The Balaban J connectivity index is 1.93. The second-order valence-electron chi connectivity index (χ2n) is 9.65. The van der Waals surface area contributed by atoms with Gasteiger partial charge in [-0.2, -0.15) is 0 Å². The normalized spacial score (nSPS) is 15.7. The molecule has 0 aliphatic carbocycles. The highest BCUT2D eigenvalue weighted by atomic mass is 32.3. The third-order valence-electron chi connectivity index (χ3n) is 5.95. The summed E-state index contributed by atoms with van der Waals surface area (Å²) in [7, 11) is -1.74. The van der Waals surface area contributed by atoms with Crippen LogP contribution in [0.25, 0.3) is 0 Å². The Morgan fingerprint density at radius 3 is 2.34 bits per heavy atom. The van der Waals surface area contributed by atoms with Crippen molar-refractivity contribution < 1.29 is 41.8 Å². The molecular weight excluding hydrogens is 528 g/mol. The Bertz CT molecular complexity index is 1200. The number of halogens is 4. The SMILES string of the molecule is CS(C)(C)c1c(F)cc(NC(=O)[C@H]2c3ccc(OCC(F)F)cc3CCN2C(=O)CCCC(=O)O)cc1F. The van der Waals surface area contributed by atoms with Gasteiger partial charge in [-0.05, 0) is 67.0 Å². The summed E-state index contributed by atoms with van der Waals surface area (Å²) >= 11 is 0. The van der Waals surface area contributed by atoms with Gasteiger partial charge in [-0.3, -0.25) is 14.4 Å². The fourth-order valence-corrected chi connectivity index (χ4v) is 5.65. The van der Waals surface area contributed by atoms with Crippen LogP contribution in [0, 0.1) is 11.6 Å². The predicted octanol–water partition coefficient (Wildman–Crippen LogP) is 4.98. The molecule has 3 rings (SSSR count). The minimum absolute atomic E-state index is 0.0509. The highest BCUT2D eigenvalue weighted by Gasteiger charge is 2.36. The smallest absolute Gasteiger partial charge is 0.303 e. The van der Waals surface area contributed by atoms with Gasteiger partial charge in [0.05, 0.1) is 4.90 Å². The number of rotatable bonds is 10. The maximum atomic E-state index is 14.8. The lowest BCUT2D eigenvalue weighted by molar-refractivity contribution is -0.140. The zero-order valence-electron chi connectivity index (χ0n) is 21.2. The van der Waals surface area contributed by atoms with E-state index in [9.17, 15) is 31.9 Å². The first-order valence-corrected chi connectivity index (χ1v) is 14.7. The van der Waals surface area contributed by atoms with Gasteiger partial charge < -0.3 is 20.1 Å². The zero-order valence-corrected chi connectivity index (χ0v) is 22.0. The number of alkyl halides is 2. The molecular formula is C26H30F4N2O5S. The summed E-state index contributed by atoms with van der Waals surface area (Å²) in [6, 6.07) is 5.27. The first-order valence-electron chi connectivity index (χ1n) is 11.8. The van der Waals surface area contributed by atoms with Crippen molar-refractivity contribution in [2.45, 2.75) is 43.0 Å². The molecule has 2 amide bonds. The number of nitrogens with one attached hydrogen (secondary N) is 1. The van der Waals surface area contributed by atoms with Crippen molar-refractivity contribution in [3.63, 3.8) is 0 Å². The van der Waals surface area contributed by atoms with Crippen LogP contribution in [-0.4, -0.2) is 66.1 Å². The Kier molecular flexibility index (Phi) is 9.29. The minimum atomic E-state index is -2.67. The number of aliphatic carboxylic acids is 1. The van der Waals surface area contributed by atoms with E-state index in [1.807, 2.05) is 0 Å². The van der Waals surface area contributed by atoms with E-state index in [-0.39, 0.29) is 42.1 Å². The Hall–Kier alpha value is -3.28. The van der Waals surface area contributed by atoms with Crippen LogP contribution in [0.4, 0.5) is 23.2 Å². The fraction of sp³-hybridized carbons (Fsp3) is 0.423. The Morgan fingerprint density at radius 2 is 1.76 bits per heavy atom. The van der Waals surface area contributed by atoms with Crippen molar-refractivity contribution in [2.75, 3.05) is 37.2 Å². The van der Waals surface area contributed by atoms with Gasteiger partial charge in [-0.1, -0.05) is 6.07 Å². The topological polar surface area (TPSA) is 95.9 Å². The number of anilines is 1. The second kappa shape index (κ2) is 12.1. The number of hydrogen-bond donors (Lipinski definition) is 2. The number of carbonyl (C=O) groups excluding carboxylic acids is 2. The van der Waals surface area contributed by atoms with Gasteiger partial charge in [-0.15, -0.1) is 0 Å². The molecule has 0 radical (unpaired) electrons. The molecule has 0 saturated carbocycles. The maximum absolute atomic E-state index is 14.8. The van der Waals surface area contributed by atoms with Crippen molar-refractivity contribution >= 4 is 33.5 Å². The number of hydrogen-bond acceptors (Lipinski definition) is 4. The number of carboxylic acids is 1. The highest BCUT2D eigenvalue weighted by Crippen LogP contribution is 2.48. The molecule has 0 saturated heterocycles. The number of ether oxygens (including phenoxy) is 1. The van der Waals surface area contributed by atoms with Gasteiger partial charge in [0.25, 0.3) is 12.3 Å². The molecule has 0 spiro atoms. The van der Waals surface area contributed by atoms with Crippen LogP contribution in [0.3, 0.4) is 0 Å². The van der Waals surface area contributed by atoms with Crippen LogP contribution < -0.4 is 10.1 Å². The van der Waals surface area contributed by atoms with Gasteiger partial charge >= 0.3 is 5.97 Å². The number of carbonyl (C=O) groups is 3. The van der Waals surface area contributed by atoms with Gasteiger partial charge in [0.15, 0.2) is 0 Å². The summed E-state index contributed by atoms with van der Waals surface area (Å²) in [5.41, 5.74) is 0.872.